The average Bonchev–Trinajstić information content (AvgIpc) is 1.99. The highest BCUT2D eigenvalue weighted by Crippen LogP contribution is 2.24. The number of hydrogen-bond donors (Lipinski definition) is 0. The standard InChI is InChI=1S/C9H8BrN/c1-3-11-9-6-4-5-8(10)7(9)2/h4-6H,1H2,2H3. The zero-order chi connectivity index (χ0) is 8.27. The molecule has 0 spiro atoms. The molecule has 0 saturated heterocycles. The zero-order valence-electron chi connectivity index (χ0n) is 6.26. The summed E-state index contributed by atoms with van der Waals surface area (Å²) in [6.45, 7) is 5.42. The maximum absolute atomic E-state index is 3.98. The molecule has 0 radical (unpaired) electrons. The largest absolute Gasteiger partial charge is 0.207 e. The lowest BCUT2D eigenvalue weighted by Gasteiger charge is -1.99. The Kier molecular flexibility index (Phi) is 2.64. The number of halogens is 1. The number of nitrogens with zero attached hydrogens (tertiary/aromatic N) is 1. The van der Waals surface area contributed by atoms with E-state index in [2.05, 4.69) is 33.4 Å². The van der Waals surface area contributed by atoms with Crippen LogP contribution in [0.15, 0.2) is 34.2 Å². The quantitative estimate of drug-likeness (QED) is 0.631. The van der Waals surface area contributed by atoms with E-state index in [1.54, 1.807) is 0 Å². The molecule has 0 aromatic heterocycles. The van der Waals surface area contributed by atoms with Crippen LogP contribution in [-0.4, -0.2) is 5.87 Å². The first kappa shape index (κ1) is 8.25. The molecule has 0 saturated carbocycles. The molecule has 11 heavy (non-hydrogen) atoms. The average molecular weight is 210 g/mol. The first-order chi connectivity index (χ1) is 5.25. The lowest BCUT2D eigenvalue weighted by molar-refractivity contribution is 1.38. The van der Waals surface area contributed by atoms with E-state index in [9.17, 15) is 0 Å². The summed E-state index contributed by atoms with van der Waals surface area (Å²) in [6.07, 6.45) is 0. The monoisotopic (exact) mass is 209 g/mol. The van der Waals surface area contributed by atoms with Crippen molar-refractivity contribution in [3.05, 3.63) is 34.8 Å². The highest BCUT2D eigenvalue weighted by molar-refractivity contribution is 9.10. The molecule has 56 valence electrons. The Morgan fingerprint density at radius 3 is 2.91 bits per heavy atom. The minimum Gasteiger partial charge on any atom is -0.207 e. The van der Waals surface area contributed by atoms with Crippen molar-refractivity contribution in [1.82, 2.24) is 0 Å². The molecule has 1 aromatic carbocycles. The molecular formula is C9H8BrN. The van der Waals surface area contributed by atoms with Crippen LogP contribution in [0.3, 0.4) is 0 Å². The van der Waals surface area contributed by atoms with Gasteiger partial charge in [0.05, 0.1) is 5.69 Å². The lowest BCUT2D eigenvalue weighted by atomic mass is 10.2. The molecule has 0 amide bonds. The fourth-order valence-corrected chi connectivity index (χ4v) is 1.16. The van der Waals surface area contributed by atoms with Crippen molar-refractivity contribution in [2.45, 2.75) is 6.92 Å². The normalized spacial score (nSPS) is 8.91. The fourth-order valence-electron chi connectivity index (χ4n) is 0.802. The molecular weight excluding hydrogens is 202 g/mol. The SMILES string of the molecule is C=C=Nc1cccc(Br)c1C. The van der Waals surface area contributed by atoms with Crippen LogP contribution in [0.2, 0.25) is 0 Å². The van der Waals surface area contributed by atoms with Crippen LogP contribution in [0, 0.1) is 6.92 Å². The van der Waals surface area contributed by atoms with Gasteiger partial charge in [-0.05, 0) is 37.1 Å². The molecule has 0 aliphatic carbocycles. The van der Waals surface area contributed by atoms with E-state index in [4.69, 9.17) is 0 Å². The Labute approximate surface area is 74.6 Å². The van der Waals surface area contributed by atoms with E-state index in [0.29, 0.717) is 0 Å². The summed E-state index contributed by atoms with van der Waals surface area (Å²) in [6, 6.07) is 5.85. The third-order valence-electron chi connectivity index (χ3n) is 1.44. The van der Waals surface area contributed by atoms with Crippen LogP contribution in [0.4, 0.5) is 5.69 Å². The predicted octanol–water partition coefficient (Wildman–Crippen LogP) is 3.24. The Hall–Kier alpha value is -0.850. The summed E-state index contributed by atoms with van der Waals surface area (Å²) >= 11 is 3.41. The second kappa shape index (κ2) is 3.51. The van der Waals surface area contributed by atoms with Crippen molar-refractivity contribution in [2.75, 3.05) is 0 Å². The van der Waals surface area contributed by atoms with Crippen LogP contribution in [0.5, 0.6) is 0 Å². The third kappa shape index (κ3) is 1.79. The maximum atomic E-state index is 3.98. The molecule has 1 rings (SSSR count). The molecule has 1 aromatic rings. The van der Waals surface area contributed by atoms with Crippen molar-refractivity contribution >= 4 is 27.5 Å². The van der Waals surface area contributed by atoms with E-state index in [-0.39, 0.29) is 0 Å². The van der Waals surface area contributed by atoms with Crippen LogP contribution in [-0.2, 0) is 0 Å². The molecule has 0 fully saturated rings. The van der Waals surface area contributed by atoms with Gasteiger partial charge in [0.25, 0.3) is 0 Å². The zero-order valence-corrected chi connectivity index (χ0v) is 7.85. The Morgan fingerprint density at radius 2 is 2.27 bits per heavy atom. The van der Waals surface area contributed by atoms with E-state index in [0.717, 1.165) is 15.7 Å². The molecule has 0 N–H and O–H groups in total. The van der Waals surface area contributed by atoms with Gasteiger partial charge in [-0.25, -0.2) is 4.99 Å². The first-order valence-electron chi connectivity index (χ1n) is 3.23. The Bertz CT molecular complexity index is 311. The fraction of sp³-hybridized carbons (Fsp3) is 0.111. The molecule has 2 heteroatoms. The van der Waals surface area contributed by atoms with Crippen molar-refractivity contribution in [1.29, 1.82) is 0 Å². The second-order valence-electron chi connectivity index (χ2n) is 2.15. The maximum Gasteiger partial charge on any atom is 0.0769 e. The number of hydrogen-bond acceptors (Lipinski definition) is 1. The minimum absolute atomic E-state index is 0.911. The Balaban J connectivity index is 3.26. The minimum atomic E-state index is 0.911. The molecule has 0 unspecified atom stereocenters. The van der Waals surface area contributed by atoms with Crippen molar-refractivity contribution in [3.63, 3.8) is 0 Å². The van der Waals surface area contributed by atoms with E-state index in [1.807, 2.05) is 25.1 Å². The van der Waals surface area contributed by atoms with Gasteiger partial charge in [-0.2, -0.15) is 0 Å². The van der Waals surface area contributed by atoms with Gasteiger partial charge in [-0.15, -0.1) is 0 Å². The van der Waals surface area contributed by atoms with Crippen molar-refractivity contribution in [2.24, 2.45) is 4.99 Å². The van der Waals surface area contributed by atoms with Gasteiger partial charge in [0.1, 0.15) is 0 Å². The molecule has 0 heterocycles. The first-order valence-corrected chi connectivity index (χ1v) is 4.03. The van der Waals surface area contributed by atoms with E-state index >= 15 is 0 Å². The topological polar surface area (TPSA) is 12.4 Å². The van der Waals surface area contributed by atoms with Crippen molar-refractivity contribution < 1.29 is 0 Å². The summed E-state index contributed by atoms with van der Waals surface area (Å²) in [7, 11) is 0. The molecule has 0 atom stereocenters. The van der Waals surface area contributed by atoms with Gasteiger partial charge < -0.3 is 0 Å². The Morgan fingerprint density at radius 1 is 1.55 bits per heavy atom. The number of benzene rings is 1. The highest BCUT2D eigenvalue weighted by Gasteiger charge is 1.97. The smallest absolute Gasteiger partial charge is 0.0769 e. The van der Waals surface area contributed by atoms with E-state index < -0.39 is 0 Å². The summed E-state index contributed by atoms with van der Waals surface area (Å²) in [5, 5.41) is 0. The molecule has 0 bridgehead atoms. The van der Waals surface area contributed by atoms with Gasteiger partial charge in [-0.1, -0.05) is 22.0 Å². The van der Waals surface area contributed by atoms with Crippen LogP contribution in [0.25, 0.3) is 0 Å². The second-order valence-corrected chi connectivity index (χ2v) is 3.01. The van der Waals surface area contributed by atoms with E-state index in [1.165, 1.54) is 0 Å². The highest BCUT2D eigenvalue weighted by atomic mass is 79.9. The number of rotatable bonds is 1. The van der Waals surface area contributed by atoms with Gasteiger partial charge in [0, 0.05) is 4.47 Å². The lowest BCUT2D eigenvalue weighted by Crippen LogP contribution is -1.74. The van der Waals surface area contributed by atoms with Crippen LogP contribution in [0.1, 0.15) is 5.56 Å². The van der Waals surface area contributed by atoms with Crippen LogP contribution < -0.4 is 0 Å². The third-order valence-corrected chi connectivity index (χ3v) is 2.30. The summed E-state index contributed by atoms with van der Waals surface area (Å²) in [4.78, 5) is 3.98. The predicted molar refractivity (Wildman–Crippen MR) is 51.6 cm³/mol. The van der Waals surface area contributed by atoms with Gasteiger partial charge in [0.15, 0.2) is 0 Å². The van der Waals surface area contributed by atoms with Crippen molar-refractivity contribution in [3.8, 4) is 0 Å². The van der Waals surface area contributed by atoms with Gasteiger partial charge >= 0.3 is 0 Å². The van der Waals surface area contributed by atoms with Gasteiger partial charge in [0.2, 0.25) is 0 Å². The summed E-state index contributed by atoms with van der Waals surface area (Å²) < 4.78 is 1.06. The van der Waals surface area contributed by atoms with Gasteiger partial charge in [-0.3, -0.25) is 0 Å². The van der Waals surface area contributed by atoms with Crippen LogP contribution >= 0.6 is 15.9 Å². The summed E-state index contributed by atoms with van der Waals surface area (Å²) in [5.41, 5.74) is 2.03. The molecule has 1 nitrogen and oxygen atoms in total. The summed E-state index contributed by atoms with van der Waals surface area (Å²) in [5.74, 6) is 2.51. The number of aliphatic imine (C=N–C) groups is 1. The molecule has 0 aliphatic rings. The molecule has 0 aliphatic heterocycles.